The van der Waals surface area contributed by atoms with Gasteiger partial charge in [0.1, 0.15) is 0 Å². The summed E-state index contributed by atoms with van der Waals surface area (Å²) in [5.41, 5.74) is 0. The van der Waals surface area contributed by atoms with Crippen LogP contribution >= 0.6 is 0 Å². The number of rotatable bonds is 18. The maximum absolute atomic E-state index is 6.35. The van der Waals surface area contributed by atoms with E-state index in [0.29, 0.717) is 31.7 Å². The van der Waals surface area contributed by atoms with E-state index in [9.17, 15) is 0 Å². The van der Waals surface area contributed by atoms with Crippen LogP contribution in [0.3, 0.4) is 0 Å². The third-order valence-corrected chi connectivity index (χ3v) is 5.56. The molecule has 0 N–H and O–H groups in total. The van der Waals surface area contributed by atoms with Gasteiger partial charge in [-0.2, -0.15) is 0 Å². The van der Waals surface area contributed by atoms with E-state index in [0.717, 1.165) is 19.3 Å². The summed E-state index contributed by atoms with van der Waals surface area (Å²) in [6, 6.07) is 0. The van der Waals surface area contributed by atoms with Gasteiger partial charge in [0, 0.05) is 5.92 Å². The van der Waals surface area contributed by atoms with Crippen LogP contribution in [0.4, 0.5) is 0 Å². The lowest BCUT2D eigenvalue weighted by Gasteiger charge is -2.46. The minimum absolute atomic E-state index is 0.382. The van der Waals surface area contributed by atoms with Crippen LogP contribution in [0.5, 0.6) is 0 Å². The van der Waals surface area contributed by atoms with Crippen LogP contribution in [0.15, 0.2) is 0 Å². The molecule has 0 aromatic rings. The van der Waals surface area contributed by atoms with E-state index in [1.807, 2.05) is 0 Å². The minimum Gasteiger partial charge on any atom is -0.327 e. The van der Waals surface area contributed by atoms with Crippen molar-refractivity contribution in [3.8, 4) is 0 Å². The molecule has 0 bridgehead atoms. The van der Waals surface area contributed by atoms with Crippen molar-refractivity contribution in [1.29, 1.82) is 0 Å². The zero-order chi connectivity index (χ0) is 19.1. The average Bonchev–Trinajstić information content (AvgIpc) is 2.62. The van der Waals surface area contributed by atoms with Crippen molar-refractivity contribution in [3.05, 3.63) is 0 Å². The Morgan fingerprint density at radius 3 is 1.62 bits per heavy atom. The molecule has 0 aromatic carbocycles. The first kappa shape index (κ1) is 23.9. The lowest BCUT2D eigenvalue weighted by Crippen LogP contribution is -2.51. The fourth-order valence-electron chi connectivity index (χ4n) is 3.87. The highest BCUT2D eigenvalue weighted by molar-refractivity contribution is 4.84. The Morgan fingerprint density at radius 1 is 0.692 bits per heavy atom. The molecule has 1 saturated carbocycles. The maximum Gasteiger partial charge on any atom is 0.286 e. The van der Waals surface area contributed by atoms with E-state index in [1.54, 1.807) is 0 Å². The van der Waals surface area contributed by atoms with Crippen molar-refractivity contribution in [1.82, 2.24) is 0 Å². The number of ether oxygens (including phenoxy) is 3. The molecular formula is C23H46O3. The van der Waals surface area contributed by atoms with Gasteiger partial charge in [-0.25, -0.2) is 0 Å². The van der Waals surface area contributed by atoms with E-state index in [-0.39, 0.29) is 0 Å². The molecule has 1 unspecified atom stereocenters. The molecule has 0 aliphatic heterocycles. The van der Waals surface area contributed by atoms with Crippen LogP contribution in [0.1, 0.15) is 111 Å². The molecule has 0 spiro atoms. The van der Waals surface area contributed by atoms with Gasteiger partial charge in [-0.05, 0) is 44.4 Å². The largest absolute Gasteiger partial charge is 0.327 e. The highest BCUT2D eigenvalue weighted by atomic mass is 16.9. The molecule has 1 rings (SSSR count). The molecule has 3 nitrogen and oxygen atoms in total. The Labute approximate surface area is 163 Å². The zero-order valence-corrected chi connectivity index (χ0v) is 18.2. The fourth-order valence-corrected chi connectivity index (χ4v) is 3.87. The third kappa shape index (κ3) is 8.27. The van der Waals surface area contributed by atoms with Gasteiger partial charge >= 0.3 is 0 Å². The van der Waals surface area contributed by atoms with Crippen LogP contribution in [-0.4, -0.2) is 25.8 Å². The van der Waals surface area contributed by atoms with Crippen LogP contribution < -0.4 is 0 Å². The highest BCUT2D eigenvalue weighted by Crippen LogP contribution is 2.44. The second kappa shape index (κ2) is 14.9. The molecule has 1 aliphatic rings. The second-order valence-electron chi connectivity index (χ2n) is 8.00. The first-order chi connectivity index (χ1) is 12.7. The van der Waals surface area contributed by atoms with Crippen molar-refractivity contribution in [2.24, 2.45) is 11.8 Å². The van der Waals surface area contributed by atoms with E-state index < -0.39 is 5.97 Å². The quantitative estimate of drug-likeness (QED) is 0.190. The summed E-state index contributed by atoms with van der Waals surface area (Å²) in [7, 11) is 0. The summed E-state index contributed by atoms with van der Waals surface area (Å²) in [4.78, 5) is 0. The first-order valence-electron chi connectivity index (χ1n) is 11.7. The second-order valence-corrected chi connectivity index (χ2v) is 8.00. The summed E-state index contributed by atoms with van der Waals surface area (Å²) in [5.74, 6) is 0.277. The van der Waals surface area contributed by atoms with Crippen molar-refractivity contribution >= 4 is 0 Å². The number of unbranched alkanes of at least 4 members (excludes halogenated alkanes) is 5. The Hall–Kier alpha value is -0.120. The molecule has 0 saturated heterocycles. The van der Waals surface area contributed by atoms with Gasteiger partial charge in [0.15, 0.2) is 0 Å². The van der Waals surface area contributed by atoms with E-state index >= 15 is 0 Å². The first-order valence-corrected chi connectivity index (χ1v) is 11.7. The van der Waals surface area contributed by atoms with Crippen LogP contribution in [0.2, 0.25) is 0 Å². The predicted octanol–water partition coefficient (Wildman–Crippen LogP) is 7.09. The Morgan fingerprint density at radius 2 is 1.19 bits per heavy atom. The lowest BCUT2D eigenvalue weighted by molar-refractivity contribution is -0.414. The molecule has 1 atom stereocenters. The Balaban J connectivity index is 2.76. The average molecular weight is 371 g/mol. The summed E-state index contributed by atoms with van der Waals surface area (Å²) in [6.07, 6.45) is 16.2. The van der Waals surface area contributed by atoms with Gasteiger partial charge in [0.05, 0.1) is 19.8 Å². The van der Waals surface area contributed by atoms with Crippen molar-refractivity contribution in [3.63, 3.8) is 0 Å². The lowest BCUT2D eigenvalue weighted by atomic mass is 9.72. The van der Waals surface area contributed by atoms with Gasteiger partial charge in [0.2, 0.25) is 0 Å². The van der Waals surface area contributed by atoms with Crippen molar-refractivity contribution < 1.29 is 14.2 Å². The Bertz CT molecular complexity index is 293. The predicted molar refractivity (Wildman–Crippen MR) is 110 cm³/mol. The van der Waals surface area contributed by atoms with Gasteiger partial charge in [-0.3, -0.25) is 0 Å². The summed E-state index contributed by atoms with van der Waals surface area (Å²) in [6.45, 7) is 10.9. The third-order valence-electron chi connectivity index (χ3n) is 5.56. The van der Waals surface area contributed by atoms with Gasteiger partial charge in [-0.1, -0.05) is 72.6 Å². The van der Waals surface area contributed by atoms with Gasteiger partial charge < -0.3 is 14.2 Å². The minimum atomic E-state index is -0.809. The summed E-state index contributed by atoms with van der Waals surface area (Å²) < 4.78 is 19.1. The molecule has 1 aliphatic carbocycles. The van der Waals surface area contributed by atoms with E-state index in [4.69, 9.17) is 14.2 Å². The molecule has 0 heterocycles. The number of hydrogen-bond donors (Lipinski definition) is 0. The molecule has 1 fully saturated rings. The molecule has 156 valence electrons. The maximum atomic E-state index is 6.35. The summed E-state index contributed by atoms with van der Waals surface area (Å²) in [5, 5.41) is 0. The molecule has 0 aromatic heterocycles. The topological polar surface area (TPSA) is 27.7 Å². The highest BCUT2D eigenvalue weighted by Gasteiger charge is 2.47. The standard InChI is InChI=1S/C23H46O3/c1-5-9-10-11-12-13-17-22(21-15-14-16-21)23(24-18-6-2,25-19-7-3)26-20-8-4/h21-22H,5-20H2,1-4H3. The molecule has 0 amide bonds. The monoisotopic (exact) mass is 370 g/mol. The van der Waals surface area contributed by atoms with E-state index in [2.05, 4.69) is 27.7 Å². The van der Waals surface area contributed by atoms with Gasteiger partial charge in [-0.15, -0.1) is 0 Å². The van der Waals surface area contributed by atoms with E-state index in [1.165, 1.54) is 64.2 Å². The van der Waals surface area contributed by atoms with Crippen LogP contribution in [-0.2, 0) is 14.2 Å². The van der Waals surface area contributed by atoms with Crippen molar-refractivity contribution in [2.45, 2.75) is 117 Å². The SMILES string of the molecule is CCCCCCCCC(C1CCC1)C(OCCC)(OCCC)OCCC. The smallest absolute Gasteiger partial charge is 0.286 e. The molecule has 3 heteroatoms. The normalized spacial score (nSPS) is 16.6. The molecular weight excluding hydrogens is 324 g/mol. The van der Waals surface area contributed by atoms with Gasteiger partial charge in [0.25, 0.3) is 5.97 Å². The molecule has 26 heavy (non-hydrogen) atoms. The molecule has 0 radical (unpaired) electrons. The van der Waals surface area contributed by atoms with Crippen molar-refractivity contribution in [2.75, 3.05) is 19.8 Å². The summed E-state index contributed by atoms with van der Waals surface area (Å²) >= 11 is 0. The van der Waals surface area contributed by atoms with Crippen LogP contribution in [0.25, 0.3) is 0 Å². The Kier molecular flexibility index (Phi) is 13.7. The zero-order valence-electron chi connectivity index (χ0n) is 18.2. The number of hydrogen-bond acceptors (Lipinski definition) is 3. The fraction of sp³-hybridized carbons (Fsp3) is 1.00. The van der Waals surface area contributed by atoms with Crippen LogP contribution in [0, 0.1) is 11.8 Å².